The van der Waals surface area contributed by atoms with Gasteiger partial charge in [-0.2, -0.15) is 0 Å². The molecule has 5 nitrogen and oxygen atoms in total. The highest BCUT2D eigenvalue weighted by molar-refractivity contribution is 14.0. The van der Waals surface area contributed by atoms with Crippen LogP contribution in [-0.2, 0) is 5.60 Å². The van der Waals surface area contributed by atoms with E-state index in [9.17, 15) is 5.11 Å². The minimum absolute atomic E-state index is 0. The number of hydrogen-bond acceptors (Lipinski definition) is 3. The summed E-state index contributed by atoms with van der Waals surface area (Å²) in [4.78, 5) is 4.58. The summed E-state index contributed by atoms with van der Waals surface area (Å²) in [6.45, 7) is 7.69. The second kappa shape index (κ2) is 11.9. The molecule has 2 aromatic rings. The lowest BCUT2D eigenvalue weighted by atomic mass is 9.96. The molecule has 2 atom stereocenters. The molecule has 0 heterocycles. The number of rotatable bonds is 8. The highest BCUT2D eigenvalue weighted by Crippen LogP contribution is 2.25. The maximum atomic E-state index is 10.7. The Bertz CT molecular complexity index is 736. The van der Waals surface area contributed by atoms with Crippen molar-refractivity contribution >= 4 is 29.9 Å². The Kier molecular flexibility index (Phi) is 10.3. The SMILES string of the molecule is CCNC(=NCC(C)(O)c1ccccc1)NCC(C)c1ccccc1OC.I. The Balaban J connectivity index is 0.00000392. The molecule has 2 unspecified atom stereocenters. The minimum atomic E-state index is -1.02. The van der Waals surface area contributed by atoms with Gasteiger partial charge in [-0.25, -0.2) is 4.99 Å². The van der Waals surface area contributed by atoms with Crippen LogP contribution >= 0.6 is 24.0 Å². The molecule has 0 bridgehead atoms. The standard InChI is InChI=1S/C22H31N3O2.HI/c1-5-23-21(25-16-22(3,26)18-11-7-6-8-12-18)24-15-17(2)19-13-9-10-14-20(19)27-4;/h6-14,17,26H,5,15-16H2,1-4H3,(H2,23,24,25);1H. The van der Waals surface area contributed by atoms with Crippen molar-refractivity contribution in [2.24, 2.45) is 4.99 Å². The Hall–Kier alpha value is -1.80. The van der Waals surface area contributed by atoms with E-state index in [4.69, 9.17) is 4.74 Å². The second-order valence-corrected chi connectivity index (χ2v) is 6.86. The Morgan fingerprint density at radius 2 is 1.75 bits per heavy atom. The van der Waals surface area contributed by atoms with Gasteiger partial charge in [-0.15, -0.1) is 24.0 Å². The van der Waals surface area contributed by atoms with Crippen molar-refractivity contribution < 1.29 is 9.84 Å². The van der Waals surface area contributed by atoms with E-state index in [-0.39, 0.29) is 36.4 Å². The predicted octanol–water partition coefficient (Wildman–Crippen LogP) is 3.88. The van der Waals surface area contributed by atoms with Crippen molar-refractivity contribution in [3.8, 4) is 5.75 Å². The monoisotopic (exact) mass is 497 g/mol. The fourth-order valence-corrected chi connectivity index (χ4v) is 2.90. The number of hydrogen-bond donors (Lipinski definition) is 3. The molecule has 0 aromatic heterocycles. The van der Waals surface area contributed by atoms with Crippen LogP contribution in [0.5, 0.6) is 5.75 Å². The number of nitrogens with one attached hydrogen (secondary N) is 2. The van der Waals surface area contributed by atoms with Crippen LogP contribution in [0, 0.1) is 0 Å². The molecule has 0 aliphatic carbocycles. The smallest absolute Gasteiger partial charge is 0.191 e. The van der Waals surface area contributed by atoms with E-state index in [1.165, 1.54) is 0 Å². The number of nitrogens with zero attached hydrogens (tertiary/aromatic N) is 1. The summed E-state index contributed by atoms with van der Waals surface area (Å²) >= 11 is 0. The first-order valence-corrected chi connectivity index (χ1v) is 9.41. The van der Waals surface area contributed by atoms with E-state index in [2.05, 4.69) is 28.6 Å². The van der Waals surface area contributed by atoms with Gasteiger partial charge in [0.25, 0.3) is 0 Å². The number of halogens is 1. The lowest BCUT2D eigenvalue weighted by Crippen LogP contribution is -2.40. The van der Waals surface area contributed by atoms with Crippen LogP contribution in [0.4, 0.5) is 0 Å². The topological polar surface area (TPSA) is 65.9 Å². The summed E-state index contributed by atoms with van der Waals surface area (Å²) < 4.78 is 5.46. The van der Waals surface area contributed by atoms with Crippen molar-refractivity contribution in [2.45, 2.75) is 32.3 Å². The molecule has 0 saturated heterocycles. The first-order chi connectivity index (χ1) is 13.0. The fraction of sp³-hybridized carbons (Fsp3) is 0.409. The molecule has 2 rings (SSSR count). The van der Waals surface area contributed by atoms with Gasteiger partial charge < -0.3 is 20.5 Å². The number of aliphatic hydroxyl groups is 1. The molecule has 0 spiro atoms. The zero-order valence-corrected chi connectivity index (χ0v) is 19.4. The number of ether oxygens (including phenoxy) is 1. The highest BCUT2D eigenvalue weighted by atomic mass is 127. The first kappa shape index (κ1) is 24.2. The third kappa shape index (κ3) is 6.98. The molecular formula is C22H32IN3O2. The van der Waals surface area contributed by atoms with E-state index >= 15 is 0 Å². The van der Waals surface area contributed by atoms with Crippen LogP contribution in [0.1, 0.15) is 37.8 Å². The van der Waals surface area contributed by atoms with Gasteiger partial charge in [0.2, 0.25) is 0 Å². The van der Waals surface area contributed by atoms with Gasteiger partial charge in [0.15, 0.2) is 5.96 Å². The number of aliphatic imine (C=N–C) groups is 1. The van der Waals surface area contributed by atoms with Crippen LogP contribution in [-0.4, -0.2) is 37.8 Å². The summed E-state index contributed by atoms with van der Waals surface area (Å²) in [7, 11) is 1.69. The van der Waals surface area contributed by atoms with Gasteiger partial charge >= 0.3 is 0 Å². The highest BCUT2D eigenvalue weighted by Gasteiger charge is 2.22. The zero-order chi connectivity index (χ0) is 19.7. The van der Waals surface area contributed by atoms with E-state index < -0.39 is 5.60 Å². The van der Waals surface area contributed by atoms with Crippen molar-refractivity contribution in [3.05, 3.63) is 65.7 Å². The summed E-state index contributed by atoms with van der Waals surface area (Å²) in [5.74, 6) is 1.83. The van der Waals surface area contributed by atoms with Crippen LogP contribution in [0.15, 0.2) is 59.6 Å². The molecule has 2 aromatic carbocycles. The van der Waals surface area contributed by atoms with E-state index in [1.807, 2.05) is 55.5 Å². The van der Waals surface area contributed by atoms with Gasteiger partial charge in [-0.05, 0) is 31.0 Å². The van der Waals surface area contributed by atoms with Gasteiger partial charge in [0, 0.05) is 19.0 Å². The largest absolute Gasteiger partial charge is 0.496 e. The lowest BCUT2D eigenvalue weighted by Gasteiger charge is -2.23. The molecule has 28 heavy (non-hydrogen) atoms. The Labute approximate surface area is 185 Å². The minimum Gasteiger partial charge on any atom is -0.496 e. The van der Waals surface area contributed by atoms with E-state index in [0.717, 1.165) is 23.4 Å². The zero-order valence-electron chi connectivity index (χ0n) is 17.1. The number of methoxy groups -OCH3 is 1. The second-order valence-electron chi connectivity index (χ2n) is 6.86. The predicted molar refractivity (Wildman–Crippen MR) is 127 cm³/mol. The third-order valence-corrected chi connectivity index (χ3v) is 4.53. The molecule has 0 radical (unpaired) electrons. The summed E-state index contributed by atoms with van der Waals surface area (Å²) in [6.07, 6.45) is 0. The molecule has 6 heteroatoms. The molecule has 0 aliphatic rings. The molecule has 154 valence electrons. The molecule has 3 N–H and O–H groups in total. The maximum Gasteiger partial charge on any atom is 0.191 e. The molecule has 0 saturated carbocycles. The van der Waals surface area contributed by atoms with Crippen LogP contribution in [0.3, 0.4) is 0 Å². The van der Waals surface area contributed by atoms with Crippen molar-refractivity contribution in [1.82, 2.24) is 10.6 Å². The Morgan fingerprint density at radius 1 is 1.11 bits per heavy atom. The third-order valence-electron chi connectivity index (χ3n) is 4.53. The van der Waals surface area contributed by atoms with E-state index in [0.29, 0.717) is 12.5 Å². The lowest BCUT2D eigenvalue weighted by molar-refractivity contribution is 0.0672. The maximum absolute atomic E-state index is 10.7. The molecular weight excluding hydrogens is 465 g/mol. The van der Waals surface area contributed by atoms with Crippen molar-refractivity contribution in [2.75, 3.05) is 26.7 Å². The summed E-state index contributed by atoms with van der Waals surface area (Å²) in [5, 5.41) is 17.4. The quantitative estimate of drug-likeness (QED) is 0.294. The summed E-state index contributed by atoms with van der Waals surface area (Å²) in [5.41, 5.74) is 0.990. The average Bonchev–Trinajstić information content (AvgIpc) is 2.70. The average molecular weight is 497 g/mol. The van der Waals surface area contributed by atoms with E-state index in [1.54, 1.807) is 14.0 Å². The van der Waals surface area contributed by atoms with Gasteiger partial charge in [0.1, 0.15) is 11.4 Å². The summed E-state index contributed by atoms with van der Waals surface area (Å²) in [6, 6.07) is 17.7. The van der Waals surface area contributed by atoms with Crippen molar-refractivity contribution in [1.29, 1.82) is 0 Å². The number of guanidine groups is 1. The Morgan fingerprint density at radius 3 is 2.39 bits per heavy atom. The molecule has 0 aliphatic heterocycles. The van der Waals surface area contributed by atoms with Gasteiger partial charge in [-0.1, -0.05) is 55.5 Å². The van der Waals surface area contributed by atoms with Crippen LogP contribution in [0.25, 0.3) is 0 Å². The van der Waals surface area contributed by atoms with Gasteiger partial charge in [0.05, 0.1) is 13.7 Å². The number of benzene rings is 2. The molecule has 0 amide bonds. The molecule has 0 fully saturated rings. The van der Waals surface area contributed by atoms with Gasteiger partial charge in [-0.3, -0.25) is 0 Å². The van der Waals surface area contributed by atoms with Crippen LogP contribution < -0.4 is 15.4 Å². The fourth-order valence-electron chi connectivity index (χ4n) is 2.90. The van der Waals surface area contributed by atoms with Crippen LogP contribution in [0.2, 0.25) is 0 Å². The van der Waals surface area contributed by atoms with Crippen molar-refractivity contribution in [3.63, 3.8) is 0 Å². The number of para-hydroxylation sites is 1. The normalized spacial score (nSPS) is 14.4. The first-order valence-electron chi connectivity index (χ1n) is 9.41.